The number of thiazole rings is 1. The number of anilines is 1. The molecule has 2 heterocycles. The molecule has 6 heteroatoms. The van der Waals surface area contributed by atoms with Gasteiger partial charge in [0.1, 0.15) is 19.5 Å². The van der Waals surface area contributed by atoms with Crippen molar-refractivity contribution in [2.75, 3.05) is 18.5 Å². The van der Waals surface area contributed by atoms with Crippen molar-refractivity contribution in [3.05, 3.63) is 35.3 Å². The minimum Gasteiger partial charge on any atom is -0.494 e. The molecule has 1 N–H and O–H groups in total. The molecule has 0 saturated heterocycles. The van der Waals surface area contributed by atoms with Crippen molar-refractivity contribution < 1.29 is 14.3 Å². The quantitative estimate of drug-likeness (QED) is 0.924. The summed E-state index contributed by atoms with van der Waals surface area (Å²) in [6.07, 6.45) is 1.33. The van der Waals surface area contributed by atoms with Gasteiger partial charge in [-0.25, -0.2) is 4.98 Å². The molecule has 0 unspecified atom stereocenters. The van der Waals surface area contributed by atoms with E-state index in [1.54, 1.807) is 0 Å². The van der Waals surface area contributed by atoms with Crippen molar-refractivity contribution in [1.82, 2.24) is 4.98 Å². The van der Waals surface area contributed by atoms with Crippen LogP contribution in [-0.2, 0) is 14.3 Å². The van der Waals surface area contributed by atoms with Crippen molar-refractivity contribution in [1.29, 1.82) is 0 Å². The Morgan fingerprint density at radius 2 is 2.20 bits per heavy atom. The molecule has 2 aromatic rings. The second kappa shape index (κ2) is 5.13. The fraction of sp³-hybridized carbons (Fsp3) is 0.286. The highest BCUT2D eigenvalue weighted by atomic mass is 32.1. The molecule has 1 aliphatic rings. The summed E-state index contributed by atoms with van der Waals surface area (Å²) in [6.45, 7) is 4.91. The molecule has 0 atom stereocenters. The standard InChI is InChI=1S/C14H14N2O3S/c1-8-5-9(2)12-11(6-8)20-14(15-12)16-13(17)10-7-18-3-4-19-10/h5-7H,3-4H2,1-2H3,(H,15,16,17). The maximum atomic E-state index is 12.0. The number of hydrogen-bond acceptors (Lipinski definition) is 5. The highest BCUT2D eigenvalue weighted by Gasteiger charge is 2.17. The summed E-state index contributed by atoms with van der Waals surface area (Å²) in [5, 5.41) is 3.31. The molecule has 0 saturated carbocycles. The van der Waals surface area contributed by atoms with Crippen LogP contribution in [0, 0.1) is 13.8 Å². The Bertz CT molecular complexity index is 706. The average Bonchev–Trinajstić information content (AvgIpc) is 2.82. The van der Waals surface area contributed by atoms with Gasteiger partial charge in [0, 0.05) is 0 Å². The smallest absolute Gasteiger partial charge is 0.295 e. The third-order valence-electron chi connectivity index (χ3n) is 2.92. The summed E-state index contributed by atoms with van der Waals surface area (Å²) in [6, 6.07) is 4.14. The number of hydrogen-bond donors (Lipinski definition) is 1. The van der Waals surface area contributed by atoms with Gasteiger partial charge >= 0.3 is 0 Å². The second-order valence-corrected chi connectivity index (χ2v) is 5.63. The van der Waals surface area contributed by atoms with E-state index in [-0.39, 0.29) is 11.7 Å². The summed E-state index contributed by atoms with van der Waals surface area (Å²) in [5.41, 5.74) is 3.21. The van der Waals surface area contributed by atoms with Gasteiger partial charge in [0.25, 0.3) is 5.91 Å². The van der Waals surface area contributed by atoms with E-state index in [0.29, 0.717) is 18.3 Å². The fourth-order valence-corrected chi connectivity index (χ4v) is 3.11. The molecule has 104 valence electrons. The van der Waals surface area contributed by atoms with Gasteiger partial charge in [-0.3, -0.25) is 10.1 Å². The maximum Gasteiger partial charge on any atom is 0.295 e. The second-order valence-electron chi connectivity index (χ2n) is 4.60. The first-order chi connectivity index (χ1) is 9.63. The molecule has 1 aliphatic heterocycles. The van der Waals surface area contributed by atoms with Crippen molar-refractivity contribution in [3.63, 3.8) is 0 Å². The number of nitrogens with zero attached hydrogens (tertiary/aromatic N) is 1. The summed E-state index contributed by atoms with van der Waals surface area (Å²) < 4.78 is 11.4. The Labute approximate surface area is 120 Å². The van der Waals surface area contributed by atoms with Gasteiger partial charge in [0.2, 0.25) is 5.76 Å². The third kappa shape index (κ3) is 2.46. The van der Waals surface area contributed by atoms with Crippen LogP contribution in [-0.4, -0.2) is 24.1 Å². The Kier molecular flexibility index (Phi) is 3.31. The molecule has 3 rings (SSSR count). The van der Waals surface area contributed by atoms with E-state index in [0.717, 1.165) is 15.8 Å². The normalized spacial score (nSPS) is 14.4. The van der Waals surface area contributed by atoms with Gasteiger partial charge in [0.15, 0.2) is 5.13 Å². The third-order valence-corrected chi connectivity index (χ3v) is 3.84. The van der Waals surface area contributed by atoms with Crippen LogP contribution in [0.4, 0.5) is 5.13 Å². The summed E-state index contributed by atoms with van der Waals surface area (Å²) in [5.74, 6) is -0.151. The van der Waals surface area contributed by atoms with Crippen molar-refractivity contribution >= 4 is 32.6 Å². The summed E-state index contributed by atoms with van der Waals surface area (Å²) >= 11 is 1.45. The van der Waals surface area contributed by atoms with Gasteiger partial charge in [-0.05, 0) is 31.0 Å². The number of carbonyl (C=O) groups is 1. The Morgan fingerprint density at radius 3 is 2.95 bits per heavy atom. The molecule has 1 aromatic heterocycles. The molecule has 0 aliphatic carbocycles. The van der Waals surface area contributed by atoms with E-state index in [1.165, 1.54) is 23.2 Å². The number of ether oxygens (including phenoxy) is 2. The highest BCUT2D eigenvalue weighted by Crippen LogP contribution is 2.29. The highest BCUT2D eigenvalue weighted by molar-refractivity contribution is 7.22. The SMILES string of the molecule is Cc1cc(C)c2nc(NC(=O)C3=COCCO3)sc2c1. The zero-order chi connectivity index (χ0) is 14.1. The topological polar surface area (TPSA) is 60.5 Å². The number of carbonyl (C=O) groups excluding carboxylic acids is 1. The van der Waals surface area contributed by atoms with Crippen molar-refractivity contribution in [2.24, 2.45) is 0 Å². The molecule has 0 bridgehead atoms. The van der Waals surface area contributed by atoms with Gasteiger partial charge in [-0.15, -0.1) is 0 Å². The number of nitrogens with one attached hydrogen (secondary N) is 1. The van der Waals surface area contributed by atoms with E-state index < -0.39 is 0 Å². The van der Waals surface area contributed by atoms with E-state index in [4.69, 9.17) is 9.47 Å². The number of fused-ring (bicyclic) bond motifs is 1. The number of benzene rings is 1. The lowest BCUT2D eigenvalue weighted by atomic mass is 10.1. The maximum absolute atomic E-state index is 12.0. The monoisotopic (exact) mass is 290 g/mol. The predicted molar refractivity (Wildman–Crippen MR) is 77.7 cm³/mol. The minimum atomic E-state index is -0.335. The lowest BCUT2D eigenvalue weighted by Crippen LogP contribution is -2.20. The van der Waals surface area contributed by atoms with Crippen LogP contribution in [0.5, 0.6) is 0 Å². The Balaban J connectivity index is 1.86. The van der Waals surface area contributed by atoms with Crippen LogP contribution < -0.4 is 5.32 Å². The largest absolute Gasteiger partial charge is 0.494 e. The van der Waals surface area contributed by atoms with Crippen molar-refractivity contribution in [2.45, 2.75) is 13.8 Å². The van der Waals surface area contributed by atoms with Crippen LogP contribution >= 0.6 is 11.3 Å². The van der Waals surface area contributed by atoms with Crippen LogP contribution in [0.1, 0.15) is 11.1 Å². The predicted octanol–water partition coefficient (Wildman–Crippen LogP) is 2.74. The molecule has 1 amide bonds. The molecular formula is C14H14N2O3S. The zero-order valence-electron chi connectivity index (χ0n) is 11.2. The molecule has 0 radical (unpaired) electrons. The first kappa shape index (κ1) is 12.9. The number of rotatable bonds is 2. The fourth-order valence-electron chi connectivity index (χ4n) is 2.07. The van der Waals surface area contributed by atoms with Crippen molar-refractivity contribution in [3.8, 4) is 0 Å². The first-order valence-electron chi connectivity index (χ1n) is 6.27. The van der Waals surface area contributed by atoms with E-state index in [1.807, 2.05) is 13.8 Å². The van der Waals surface area contributed by atoms with E-state index in [2.05, 4.69) is 22.4 Å². The van der Waals surface area contributed by atoms with Crippen LogP contribution in [0.2, 0.25) is 0 Å². The number of aryl methyl sites for hydroxylation is 2. The van der Waals surface area contributed by atoms with Gasteiger partial charge in [-0.1, -0.05) is 17.4 Å². The number of amides is 1. The summed E-state index contributed by atoms with van der Waals surface area (Å²) in [4.78, 5) is 16.4. The van der Waals surface area contributed by atoms with Gasteiger partial charge in [0.05, 0.1) is 10.2 Å². The van der Waals surface area contributed by atoms with Crippen LogP contribution in [0.25, 0.3) is 10.2 Å². The number of aromatic nitrogens is 1. The molecule has 5 nitrogen and oxygen atoms in total. The lowest BCUT2D eigenvalue weighted by Gasteiger charge is -2.14. The molecule has 20 heavy (non-hydrogen) atoms. The van der Waals surface area contributed by atoms with Gasteiger partial charge < -0.3 is 9.47 Å². The van der Waals surface area contributed by atoms with E-state index in [9.17, 15) is 4.79 Å². The Hall–Kier alpha value is -2.08. The molecule has 0 spiro atoms. The van der Waals surface area contributed by atoms with E-state index >= 15 is 0 Å². The lowest BCUT2D eigenvalue weighted by molar-refractivity contribution is -0.117. The molecule has 0 fully saturated rings. The first-order valence-corrected chi connectivity index (χ1v) is 7.09. The van der Waals surface area contributed by atoms with Crippen LogP contribution in [0.3, 0.4) is 0 Å². The van der Waals surface area contributed by atoms with Gasteiger partial charge in [-0.2, -0.15) is 0 Å². The molecular weight excluding hydrogens is 276 g/mol. The minimum absolute atomic E-state index is 0.184. The average molecular weight is 290 g/mol. The molecule has 1 aromatic carbocycles. The Morgan fingerprint density at radius 1 is 1.35 bits per heavy atom. The van der Waals surface area contributed by atoms with Crippen LogP contribution in [0.15, 0.2) is 24.2 Å². The summed E-state index contributed by atoms with van der Waals surface area (Å²) in [7, 11) is 0. The zero-order valence-corrected chi connectivity index (χ0v) is 12.0.